The van der Waals surface area contributed by atoms with Crippen LogP contribution in [0.4, 0.5) is 0 Å². The van der Waals surface area contributed by atoms with Gasteiger partial charge in [-0.3, -0.25) is 5.32 Å². The van der Waals surface area contributed by atoms with Crippen LogP contribution in [-0.4, -0.2) is 11.4 Å². The van der Waals surface area contributed by atoms with Gasteiger partial charge in [-0.15, -0.1) is 0 Å². The maximum atomic E-state index is 8.25. The van der Waals surface area contributed by atoms with Crippen LogP contribution >= 0.6 is 0 Å². The molecule has 0 saturated heterocycles. The minimum Gasteiger partial charge on any atom is -0.356 e. The van der Waals surface area contributed by atoms with Gasteiger partial charge in [0.2, 0.25) is 0 Å². The SMILES string of the molecule is CC1=C(C)[NH2+]C=N1.O=[N+]([O-])[O-]. The second kappa shape index (κ2) is 4.40. The molecule has 0 unspecified atom stereocenters. The third-order valence-corrected chi connectivity index (χ3v) is 1.16. The molecule has 0 fully saturated rings. The summed E-state index contributed by atoms with van der Waals surface area (Å²) < 4.78 is 0. The number of hydrogen-bond acceptors (Lipinski definition) is 4. The zero-order valence-electron chi connectivity index (χ0n) is 6.27. The van der Waals surface area contributed by atoms with Crippen molar-refractivity contribution in [3.8, 4) is 0 Å². The summed E-state index contributed by atoms with van der Waals surface area (Å²) in [4.78, 5) is 12.3. The minimum atomic E-state index is -1.75. The van der Waals surface area contributed by atoms with Gasteiger partial charge in [0.15, 0.2) is 6.34 Å². The van der Waals surface area contributed by atoms with Crippen LogP contribution in [0, 0.1) is 15.3 Å². The quantitative estimate of drug-likeness (QED) is 0.385. The summed E-state index contributed by atoms with van der Waals surface area (Å²) in [5.74, 6) is 0. The maximum absolute atomic E-state index is 8.25. The van der Waals surface area contributed by atoms with Gasteiger partial charge in [-0.1, -0.05) is 0 Å². The number of nitrogens with two attached hydrogens (primary N) is 1. The molecule has 0 atom stereocenters. The van der Waals surface area contributed by atoms with E-state index in [0.29, 0.717) is 0 Å². The molecule has 6 nitrogen and oxygen atoms in total. The molecule has 6 heteroatoms. The average Bonchev–Trinajstić information content (AvgIpc) is 2.15. The lowest BCUT2D eigenvalue weighted by Crippen LogP contribution is -2.78. The van der Waals surface area contributed by atoms with E-state index < -0.39 is 5.09 Å². The Balaban J connectivity index is 0.000000218. The van der Waals surface area contributed by atoms with E-state index in [4.69, 9.17) is 15.3 Å². The molecule has 2 N–H and O–H groups in total. The fourth-order valence-corrected chi connectivity index (χ4v) is 0.483. The van der Waals surface area contributed by atoms with Crippen LogP contribution < -0.4 is 5.32 Å². The zero-order chi connectivity index (χ0) is 8.85. The molecule has 0 aliphatic carbocycles. The predicted octanol–water partition coefficient (Wildman–Crippen LogP) is -0.396. The Morgan fingerprint density at radius 3 is 2.09 bits per heavy atom. The number of allylic oxidation sites excluding steroid dienone is 2. The van der Waals surface area contributed by atoms with Crippen molar-refractivity contribution in [1.29, 1.82) is 0 Å². The third-order valence-electron chi connectivity index (χ3n) is 1.16. The minimum absolute atomic E-state index is 1.14. The zero-order valence-corrected chi connectivity index (χ0v) is 6.27. The Labute approximate surface area is 63.4 Å². The van der Waals surface area contributed by atoms with Gasteiger partial charge in [-0.25, -0.2) is 4.99 Å². The summed E-state index contributed by atoms with van der Waals surface area (Å²) in [7, 11) is 0. The summed E-state index contributed by atoms with van der Waals surface area (Å²) in [6, 6.07) is 0. The van der Waals surface area contributed by atoms with Gasteiger partial charge < -0.3 is 15.3 Å². The normalized spacial score (nSPS) is 14.4. The Morgan fingerprint density at radius 1 is 1.55 bits per heavy atom. The van der Waals surface area contributed by atoms with Crippen LogP contribution in [0.25, 0.3) is 0 Å². The Kier molecular flexibility index (Phi) is 3.82. The first-order chi connectivity index (χ1) is 5.04. The molecule has 0 aromatic rings. The van der Waals surface area contributed by atoms with E-state index in [-0.39, 0.29) is 0 Å². The highest BCUT2D eigenvalue weighted by atomic mass is 16.9. The van der Waals surface area contributed by atoms with Crippen molar-refractivity contribution in [3.63, 3.8) is 0 Å². The first-order valence-corrected chi connectivity index (χ1v) is 2.90. The molecule has 1 heterocycles. The average molecular weight is 159 g/mol. The summed E-state index contributed by atoms with van der Waals surface area (Å²) in [6.07, 6.45) is 1.82. The number of hydrogen-bond donors (Lipinski definition) is 1. The fraction of sp³-hybridized carbons (Fsp3) is 0.400. The molecule has 0 amide bonds. The number of quaternary nitrogens is 1. The summed E-state index contributed by atoms with van der Waals surface area (Å²) in [6.45, 7) is 4.07. The largest absolute Gasteiger partial charge is 0.356 e. The highest BCUT2D eigenvalue weighted by Crippen LogP contribution is 1.97. The molecular formula is C5H9N3O3. The van der Waals surface area contributed by atoms with Gasteiger partial charge in [0.1, 0.15) is 5.70 Å². The lowest BCUT2D eigenvalue weighted by molar-refractivity contribution is -0.469. The summed E-state index contributed by atoms with van der Waals surface area (Å²) in [5.41, 5.74) is 2.42. The van der Waals surface area contributed by atoms with Gasteiger partial charge >= 0.3 is 0 Å². The highest BCUT2D eigenvalue weighted by Gasteiger charge is 2.02. The third kappa shape index (κ3) is 5.04. The van der Waals surface area contributed by atoms with Crippen LogP contribution in [0.1, 0.15) is 13.8 Å². The van der Waals surface area contributed by atoms with Gasteiger partial charge in [-0.05, 0) is 6.92 Å². The van der Waals surface area contributed by atoms with Gasteiger partial charge in [0.05, 0.1) is 10.8 Å². The molecule has 0 aromatic heterocycles. The lowest BCUT2D eigenvalue weighted by atomic mass is 10.4. The van der Waals surface area contributed by atoms with Crippen molar-refractivity contribution in [2.24, 2.45) is 4.99 Å². The van der Waals surface area contributed by atoms with Crippen LogP contribution in [0.15, 0.2) is 16.4 Å². The second-order valence-electron chi connectivity index (χ2n) is 1.94. The van der Waals surface area contributed by atoms with E-state index in [1.165, 1.54) is 5.70 Å². The van der Waals surface area contributed by atoms with E-state index in [1.54, 1.807) is 0 Å². The van der Waals surface area contributed by atoms with Crippen LogP contribution in [0.2, 0.25) is 0 Å². The van der Waals surface area contributed by atoms with Gasteiger partial charge in [0, 0.05) is 6.92 Å². The molecule has 0 bridgehead atoms. The van der Waals surface area contributed by atoms with Crippen LogP contribution in [0.5, 0.6) is 0 Å². The van der Waals surface area contributed by atoms with Crippen LogP contribution in [-0.2, 0) is 0 Å². The summed E-state index contributed by atoms with van der Waals surface area (Å²) in [5, 5.41) is 16.8. The number of rotatable bonds is 0. The molecule has 0 spiro atoms. The molecule has 0 aromatic carbocycles. The molecule has 0 radical (unpaired) electrons. The fourth-order valence-electron chi connectivity index (χ4n) is 0.483. The maximum Gasteiger partial charge on any atom is 0.191 e. The van der Waals surface area contributed by atoms with Gasteiger partial charge in [0.25, 0.3) is 0 Å². The number of aliphatic imine (C=N–C) groups is 1. The smallest absolute Gasteiger partial charge is 0.191 e. The Hall–Kier alpha value is -1.43. The Bertz CT molecular complexity index is 205. The van der Waals surface area contributed by atoms with Crippen LogP contribution in [0.3, 0.4) is 0 Å². The molecule has 62 valence electrons. The second-order valence-corrected chi connectivity index (χ2v) is 1.94. The van der Waals surface area contributed by atoms with E-state index in [0.717, 1.165) is 5.70 Å². The van der Waals surface area contributed by atoms with Crippen molar-refractivity contribution in [2.45, 2.75) is 13.8 Å². The highest BCUT2D eigenvalue weighted by molar-refractivity contribution is 5.48. The van der Waals surface area contributed by atoms with E-state index in [9.17, 15) is 0 Å². The van der Waals surface area contributed by atoms with Crippen molar-refractivity contribution in [3.05, 3.63) is 26.7 Å². The molecule has 1 aliphatic heterocycles. The van der Waals surface area contributed by atoms with Crippen molar-refractivity contribution >= 4 is 6.34 Å². The predicted molar refractivity (Wildman–Crippen MR) is 39.2 cm³/mol. The van der Waals surface area contributed by atoms with E-state index >= 15 is 0 Å². The lowest BCUT2D eigenvalue weighted by Gasteiger charge is -1.81. The van der Waals surface area contributed by atoms with Crippen molar-refractivity contribution < 1.29 is 10.4 Å². The summed E-state index contributed by atoms with van der Waals surface area (Å²) >= 11 is 0. The molecule has 0 saturated carbocycles. The first-order valence-electron chi connectivity index (χ1n) is 2.90. The van der Waals surface area contributed by atoms with Gasteiger partial charge in [-0.2, -0.15) is 0 Å². The molecular weight excluding hydrogens is 150 g/mol. The molecule has 1 rings (SSSR count). The Morgan fingerprint density at radius 2 is 2.00 bits per heavy atom. The standard InChI is InChI=1S/C5H8N2.NO3/c1-4-5(2)7-3-6-4;2-1(3)4/h3H,1-2H3,(H,6,7);/q;-1/p+1. The van der Waals surface area contributed by atoms with Crippen molar-refractivity contribution in [1.82, 2.24) is 0 Å². The van der Waals surface area contributed by atoms with Crippen molar-refractivity contribution in [2.75, 3.05) is 0 Å². The number of nitrogens with zero attached hydrogens (tertiary/aromatic N) is 2. The molecule has 1 aliphatic rings. The first kappa shape index (κ1) is 9.57. The topological polar surface area (TPSA) is 95.2 Å². The van der Waals surface area contributed by atoms with E-state index in [2.05, 4.69) is 11.9 Å². The monoisotopic (exact) mass is 159 g/mol. The molecule has 11 heavy (non-hydrogen) atoms. The van der Waals surface area contributed by atoms with E-state index in [1.807, 2.05) is 18.6 Å².